The molecule has 3 N–H and O–H groups in total. The predicted octanol–water partition coefficient (Wildman–Crippen LogP) is -1.55. The highest BCUT2D eigenvalue weighted by Gasteiger charge is 2.30. The number of carbonyl (C=O) groups excluding carboxylic acids is 2. The molecule has 0 bridgehead atoms. The van der Waals surface area contributed by atoms with E-state index in [0.29, 0.717) is 13.0 Å². The molecule has 0 radical (unpaired) electrons. The Bertz CT molecular complexity index is 274. The van der Waals surface area contributed by atoms with E-state index in [1.54, 1.807) is 0 Å². The molecule has 2 saturated heterocycles. The fourth-order valence-corrected chi connectivity index (χ4v) is 2.35. The molecule has 0 unspecified atom stereocenters. The molecule has 5 nitrogen and oxygen atoms in total. The van der Waals surface area contributed by atoms with Crippen LogP contribution in [0.3, 0.4) is 0 Å². The molecule has 0 aliphatic carbocycles. The van der Waals surface area contributed by atoms with Crippen molar-refractivity contribution in [3.05, 3.63) is 0 Å². The van der Waals surface area contributed by atoms with Gasteiger partial charge < -0.3 is 15.5 Å². The van der Waals surface area contributed by atoms with Gasteiger partial charge in [0.25, 0.3) is 5.91 Å². The summed E-state index contributed by atoms with van der Waals surface area (Å²) in [5.41, 5.74) is 0. The van der Waals surface area contributed by atoms with Gasteiger partial charge in [-0.15, -0.1) is 0 Å². The van der Waals surface area contributed by atoms with Crippen LogP contribution in [0, 0.1) is 0 Å². The van der Waals surface area contributed by atoms with E-state index in [-0.39, 0.29) is 17.9 Å². The first-order valence-corrected chi connectivity index (χ1v) is 6.16. The fraction of sp³-hybridized carbons (Fsp3) is 0.818. The molecule has 1 atom stereocenters. The van der Waals surface area contributed by atoms with Crippen molar-refractivity contribution >= 4 is 11.8 Å². The predicted molar refractivity (Wildman–Crippen MR) is 58.6 cm³/mol. The third-order valence-electron chi connectivity index (χ3n) is 3.33. The summed E-state index contributed by atoms with van der Waals surface area (Å²) in [6.45, 7) is 3.33. The van der Waals surface area contributed by atoms with Crippen LogP contribution >= 0.6 is 0 Å². The van der Waals surface area contributed by atoms with Gasteiger partial charge in [0.2, 0.25) is 5.91 Å². The third-order valence-corrected chi connectivity index (χ3v) is 3.33. The van der Waals surface area contributed by atoms with Crippen molar-refractivity contribution < 1.29 is 14.9 Å². The van der Waals surface area contributed by atoms with E-state index in [1.165, 1.54) is 6.42 Å². The summed E-state index contributed by atoms with van der Waals surface area (Å²) >= 11 is 0. The van der Waals surface area contributed by atoms with Crippen molar-refractivity contribution in [2.45, 2.75) is 31.7 Å². The highest BCUT2D eigenvalue weighted by molar-refractivity contribution is 5.87. The van der Waals surface area contributed by atoms with Gasteiger partial charge in [-0.3, -0.25) is 9.59 Å². The average Bonchev–Trinajstić information content (AvgIpc) is 2.33. The quantitative estimate of drug-likeness (QED) is 0.599. The van der Waals surface area contributed by atoms with Crippen molar-refractivity contribution in [1.29, 1.82) is 0 Å². The molecule has 5 heteroatoms. The molecule has 0 aromatic heterocycles. The molecule has 2 aliphatic heterocycles. The standard InChI is InChI=1S/C11H19N3O2/c15-10(14-6-2-1-3-7-14)8-9-11(16)13-5-4-12-9/h9,12H,1-8H2,(H,13,16)/p+1/t9-/m1/s1. The average molecular weight is 226 g/mol. The summed E-state index contributed by atoms with van der Waals surface area (Å²) in [5, 5.41) is 4.77. The van der Waals surface area contributed by atoms with Gasteiger partial charge >= 0.3 is 0 Å². The number of piperidine rings is 1. The number of piperazine rings is 1. The molecule has 0 spiro atoms. The van der Waals surface area contributed by atoms with Crippen LogP contribution < -0.4 is 10.6 Å². The summed E-state index contributed by atoms with van der Waals surface area (Å²) in [6.07, 6.45) is 3.78. The van der Waals surface area contributed by atoms with E-state index >= 15 is 0 Å². The maximum absolute atomic E-state index is 11.9. The summed E-state index contributed by atoms with van der Waals surface area (Å²) in [5.74, 6) is 0.148. The highest BCUT2D eigenvalue weighted by atomic mass is 16.2. The number of quaternary nitrogens is 1. The lowest BCUT2D eigenvalue weighted by Crippen LogP contribution is -2.96. The van der Waals surface area contributed by atoms with Crippen molar-refractivity contribution in [2.75, 3.05) is 26.2 Å². The number of nitrogens with zero attached hydrogens (tertiary/aromatic N) is 1. The first kappa shape index (κ1) is 11.4. The van der Waals surface area contributed by atoms with E-state index in [2.05, 4.69) is 5.32 Å². The summed E-state index contributed by atoms with van der Waals surface area (Å²) in [6, 6.07) is -0.205. The van der Waals surface area contributed by atoms with E-state index in [4.69, 9.17) is 0 Å². The molecular weight excluding hydrogens is 206 g/mol. The van der Waals surface area contributed by atoms with E-state index < -0.39 is 0 Å². The van der Waals surface area contributed by atoms with Gasteiger partial charge in [-0.1, -0.05) is 0 Å². The number of amides is 2. The number of carbonyl (C=O) groups is 2. The van der Waals surface area contributed by atoms with Gasteiger partial charge in [0.1, 0.15) is 0 Å². The molecule has 16 heavy (non-hydrogen) atoms. The van der Waals surface area contributed by atoms with Crippen molar-refractivity contribution in [3.8, 4) is 0 Å². The normalized spacial score (nSPS) is 26.4. The van der Waals surface area contributed by atoms with Gasteiger partial charge in [-0.05, 0) is 19.3 Å². The Morgan fingerprint density at radius 3 is 2.81 bits per heavy atom. The Hall–Kier alpha value is -1.10. The maximum Gasteiger partial charge on any atom is 0.278 e. The Morgan fingerprint density at radius 2 is 2.12 bits per heavy atom. The molecule has 2 aliphatic rings. The lowest BCUT2D eigenvalue weighted by atomic mass is 10.1. The van der Waals surface area contributed by atoms with Crippen LogP contribution in [-0.2, 0) is 9.59 Å². The number of nitrogens with one attached hydrogen (secondary N) is 1. The highest BCUT2D eigenvalue weighted by Crippen LogP contribution is 2.10. The van der Waals surface area contributed by atoms with Crippen LogP contribution in [0.1, 0.15) is 25.7 Å². The van der Waals surface area contributed by atoms with Crippen molar-refractivity contribution in [3.63, 3.8) is 0 Å². The van der Waals surface area contributed by atoms with Gasteiger partial charge in [0.05, 0.1) is 19.5 Å². The first-order chi connectivity index (χ1) is 7.77. The number of hydrogen-bond acceptors (Lipinski definition) is 2. The second-order valence-corrected chi connectivity index (χ2v) is 4.57. The van der Waals surface area contributed by atoms with E-state index in [9.17, 15) is 9.59 Å². The van der Waals surface area contributed by atoms with Crippen molar-refractivity contribution in [1.82, 2.24) is 10.2 Å². The zero-order valence-electron chi connectivity index (χ0n) is 9.58. The number of nitrogens with two attached hydrogens (primary N) is 1. The molecule has 0 aromatic rings. The molecule has 0 saturated carbocycles. The maximum atomic E-state index is 11.9. The fourth-order valence-electron chi connectivity index (χ4n) is 2.35. The Kier molecular flexibility index (Phi) is 3.77. The minimum Gasteiger partial charge on any atom is -0.345 e. The number of rotatable bonds is 2. The Balaban J connectivity index is 1.83. The third kappa shape index (κ3) is 2.72. The second kappa shape index (κ2) is 5.30. The molecule has 90 valence electrons. The largest absolute Gasteiger partial charge is 0.345 e. The minimum absolute atomic E-state index is 0.0107. The van der Waals surface area contributed by atoms with Gasteiger partial charge in [-0.2, -0.15) is 0 Å². The smallest absolute Gasteiger partial charge is 0.278 e. The van der Waals surface area contributed by atoms with Gasteiger partial charge in [0.15, 0.2) is 6.04 Å². The lowest BCUT2D eigenvalue weighted by Gasteiger charge is -2.28. The molecule has 0 aromatic carbocycles. The first-order valence-electron chi connectivity index (χ1n) is 6.16. The van der Waals surface area contributed by atoms with Crippen LogP contribution in [-0.4, -0.2) is 48.9 Å². The SMILES string of the molecule is O=C1NCC[NH2+][C@@H]1CC(=O)N1CCCCC1. The van der Waals surface area contributed by atoms with Crippen LogP contribution in [0.15, 0.2) is 0 Å². The van der Waals surface area contributed by atoms with E-state index in [1.807, 2.05) is 10.2 Å². The molecule has 2 fully saturated rings. The summed E-state index contributed by atoms with van der Waals surface area (Å²) < 4.78 is 0. The van der Waals surface area contributed by atoms with Crippen LogP contribution in [0.5, 0.6) is 0 Å². The topological polar surface area (TPSA) is 66.0 Å². The number of likely N-dealkylation sites (tertiary alicyclic amines) is 1. The lowest BCUT2D eigenvalue weighted by molar-refractivity contribution is -0.678. The summed E-state index contributed by atoms with van der Waals surface area (Å²) in [7, 11) is 0. The van der Waals surface area contributed by atoms with Crippen molar-refractivity contribution in [2.24, 2.45) is 0 Å². The summed E-state index contributed by atoms with van der Waals surface area (Å²) in [4.78, 5) is 25.3. The van der Waals surface area contributed by atoms with Crippen LogP contribution in [0.2, 0.25) is 0 Å². The van der Waals surface area contributed by atoms with Crippen LogP contribution in [0.25, 0.3) is 0 Å². The Morgan fingerprint density at radius 1 is 1.38 bits per heavy atom. The van der Waals surface area contributed by atoms with Gasteiger partial charge in [0, 0.05) is 13.1 Å². The zero-order valence-corrected chi connectivity index (χ0v) is 9.58. The van der Waals surface area contributed by atoms with Gasteiger partial charge in [-0.25, -0.2) is 0 Å². The number of hydrogen-bond donors (Lipinski definition) is 2. The van der Waals surface area contributed by atoms with Crippen LogP contribution in [0.4, 0.5) is 0 Å². The molecular formula is C11H20N3O2+. The minimum atomic E-state index is -0.205. The second-order valence-electron chi connectivity index (χ2n) is 4.57. The molecule has 2 amide bonds. The Labute approximate surface area is 95.6 Å². The monoisotopic (exact) mass is 226 g/mol. The zero-order chi connectivity index (χ0) is 11.4. The molecule has 2 heterocycles. The van der Waals surface area contributed by atoms with E-state index in [0.717, 1.165) is 32.5 Å². The molecule has 2 rings (SSSR count).